The third-order valence-electron chi connectivity index (χ3n) is 3.70. The molecule has 0 aliphatic carbocycles. The van der Waals surface area contributed by atoms with Crippen molar-refractivity contribution in [3.05, 3.63) is 23.8 Å². The number of hydrogen-bond donors (Lipinski definition) is 2. The number of benzene rings is 1. The van der Waals surface area contributed by atoms with Crippen molar-refractivity contribution in [3.63, 3.8) is 0 Å². The van der Waals surface area contributed by atoms with Crippen molar-refractivity contribution in [2.75, 3.05) is 18.9 Å². The predicted octanol–water partition coefficient (Wildman–Crippen LogP) is 1.68. The molecule has 1 atom stereocenters. The lowest BCUT2D eigenvalue weighted by Gasteiger charge is -2.23. The molecule has 1 aliphatic rings. The van der Waals surface area contributed by atoms with Crippen LogP contribution in [-0.2, 0) is 21.2 Å². The first-order chi connectivity index (χ1) is 9.36. The second kappa shape index (κ2) is 5.71. The van der Waals surface area contributed by atoms with Gasteiger partial charge in [-0.25, -0.2) is 13.1 Å². The molecule has 1 heterocycles. The van der Waals surface area contributed by atoms with Gasteiger partial charge in [-0.05, 0) is 43.9 Å². The predicted molar refractivity (Wildman–Crippen MR) is 79.0 cm³/mol. The van der Waals surface area contributed by atoms with Crippen LogP contribution in [0.5, 0.6) is 0 Å². The Morgan fingerprint density at radius 3 is 2.80 bits per heavy atom. The van der Waals surface area contributed by atoms with Crippen LogP contribution in [0.3, 0.4) is 0 Å². The molecule has 1 aliphatic heterocycles. The molecule has 1 unspecified atom stereocenters. The van der Waals surface area contributed by atoms with Crippen LogP contribution in [0.15, 0.2) is 23.1 Å². The summed E-state index contributed by atoms with van der Waals surface area (Å²) in [7, 11) is -3.56. The van der Waals surface area contributed by atoms with E-state index in [0.717, 1.165) is 18.4 Å². The fourth-order valence-electron chi connectivity index (χ4n) is 2.42. The molecule has 3 N–H and O–H groups in total. The number of anilines is 1. The third kappa shape index (κ3) is 3.31. The van der Waals surface area contributed by atoms with Gasteiger partial charge in [-0.15, -0.1) is 0 Å². The van der Waals surface area contributed by atoms with Crippen molar-refractivity contribution in [2.24, 2.45) is 0 Å². The van der Waals surface area contributed by atoms with Crippen LogP contribution < -0.4 is 10.5 Å². The molecule has 112 valence electrons. The van der Waals surface area contributed by atoms with Crippen LogP contribution >= 0.6 is 0 Å². The van der Waals surface area contributed by atoms with Crippen molar-refractivity contribution in [3.8, 4) is 0 Å². The minimum absolute atomic E-state index is 0.265. The molecular formula is C14H22N2O3S. The molecule has 1 aromatic carbocycles. The monoisotopic (exact) mass is 298 g/mol. The lowest BCUT2D eigenvalue weighted by Crippen LogP contribution is -2.40. The van der Waals surface area contributed by atoms with Gasteiger partial charge in [0.05, 0.1) is 10.5 Å². The zero-order valence-corrected chi connectivity index (χ0v) is 12.8. The molecule has 0 spiro atoms. The van der Waals surface area contributed by atoms with E-state index in [4.69, 9.17) is 10.5 Å². The Labute approximate surface area is 120 Å². The van der Waals surface area contributed by atoms with Crippen LogP contribution in [0, 0.1) is 0 Å². The second-order valence-electron chi connectivity index (χ2n) is 5.45. The molecule has 0 amide bonds. The van der Waals surface area contributed by atoms with E-state index in [1.54, 1.807) is 12.1 Å². The van der Waals surface area contributed by atoms with E-state index in [0.29, 0.717) is 18.7 Å². The van der Waals surface area contributed by atoms with E-state index < -0.39 is 15.6 Å². The molecule has 0 bridgehead atoms. The summed E-state index contributed by atoms with van der Waals surface area (Å²) in [5.41, 5.74) is 6.52. The van der Waals surface area contributed by atoms with E-state index in [1.165, 1.54) is 6.07 Å². The normalized spacial score (nSPS) is 23.1. The molecule has 20 heavy (non-hydrogen) atoms. The summed E-state index contributed by atoms with van der Waals surface area (Å²) >= 11 is 0. The number of nitrogens with one attached hydrogen (secondary N) is 1. The van der Waals surface area contributed by atoms with E-state index in [1.807, 2.05) is 13.8 Å². The summed E-state index contributed by atoms with van der Waals surface area (Å²) in [6.07, 6.45) is 2.48. The highest BCUT2D eigenvalue weighted by Crippen LogP contribution is 2.25. The minimum Gasteiger partial charge on any atom is -0.399 e. The fourth-order valence-corrected chi connectivity index (χ4v) is 3.91. The topological polar surface area (TPSA) is 81.4 Å². The van der Waals surface area contributed by atoms with Crippen molar-refractivity contribution < 1.29 is 13.2 Å². The third-order valence-corrected chi connectivity index (χ3v) is 5.18. The highest BCUT2D eigenvalue weighted by Gasteiger charge is 2.31. The summed E-state index contributed by atoms with van der Waals surface area (Å²) in [4.78, 5) is 0.265. The van der Waals surface area contributed by atoms with Gasteiger partial charge in [0, 0.05) is 18.8 Å². The lowest BCUT2D eigenvalue weighted by atomic mass is 10.0. The standard InChI is InChI=1S/C14H22N2O3S/c1-3-11-5-6-12(15)9-13(11)20(17,18)16-10-14(2)7-4-8-19-14/h5-6,9,16H,3-4,7-8,10,15H2,1-2H3. The van der Waals surface area contributed by atoms with Gasteiger partial charge in [0.15, 0.2) is 0 Å². The first-order valence-corrected chi connectivity index (χ1v) is 8.37. The van der Waals surface area contributed by atoms with E-state index in [2.05, 4.69) is 4.72 Å². The molecule has 6 heteroatoms. The number of nitrogens with two attached hydrogens (primary N) is 1. The summed E-state index contributed by atoms with van der Waals surface area (Å²) in [5, 5.41) is 0. The van der Waals surface area contributed by atoms with Crippen LogP contribution in [-0.4, -0.2) is 27.2 Å². The van der Waals surface area contributed by atoms with Gasteiger partial charge < -0.3 is 10.5 Å². The average Bonchev–Trinajstić information content (AvgIpc) is 2.84. The van der Waals surface area contributed by atoms with Crippen molar-refractivity contribution >= 4 is 15.7 Å². The smallest absolute Gasteiger partial charge is 0.241 e. The maximum Gasteiger partial charge on any atom is 0.241 e. The average molecular weight is 298 g/mol. The van der Waals surface area contributed by atoms with E-state index >= 15 is 0 Å². The Bertz CT molecular complexity index is 578. The molecule has 2 rings (SSSR count). The molecule has 0 radical (unpaired) electrons. The molecule has 0 aromatic heterocycles. The Morgan fingerprint density at radius 1 is 1.45 bits per heavy atom. The first kappa shape index (κ1) is 15.3. The SMILES string of the molecule is CCc1ccc(N)cc1S(=O)(=O)NCC1(C)CCCO1. The molecule has 1 fully saturated rings. The molecule has 1 saturated heterocycles. The largest absolute Gasteiger partial charge is 0.399 e. The number of nitrogen functional groups attached to an aromatic ring is 1. The van der Waals surface area contributed by atoms with Gasteiger partial charge in [-0.2, -0.15) is 0 Å². The number of hydrogen-bond acceptors (Lipinski definition) is 4. The van der Waals surface area contributed by atoms with Gasteiger partial charge in [-0.1, -0.05) is 13.0 Å². The van der Waals surface area contributed by atoms with Gasteiger partial charge in [0.25, 0.3) is 0 Å². The zero-order valence-electron chi connectivity index (χ0n) is 12.0. The number of aryl methyl sites for hydroxylation is 1. The highest BCUT2D eigenvalue weighted by atomic mass is 32.2. The van der Waals surface area contributed by atoms with Gasteiger partial charge in [0.2, 0.25) is 10.0 Å². The Morgan fingerprint density at radius 2 is 2.20 bits per heavy atom. The van der Waals surface area contributed by atoms with Gasteiger partial charge >= 0.3 is 0 Å². The minimum atomic E-state index is -3.56. The van der Waals surface area contributed by atoms with Crippen molar-refractivity contribution in [1.82, 2.24) is 4.72 Å². The van der Waals surface area contributed by atoms with Crippen LogP contribution in [0.4, 0.5) is 5.69 Å². The molecule has 5 nitrogen and oxygen atoms in total. The number of sulfonamides is 1. The molecule has 0 saturated carbocycles. The summed E-state index contributed by atoms with van der Waals surface area (Å²) in [6, 6.07) is 5.00. The Hall–Kier alpha value is -1.11. The maximum absolute atomic E-state index is 12.4. The number of ether oxygens (including phenoxy) is 1. The zero-order chi connectivity index (χ0) is 14.8. The number of rotatable bonds is 5. The summed E-state index contributed by atoms with van der Waals surface area (Å²) in [5.74, 6) is 0. The van der Waals surface area contributed by atoms with E-state index in [-0.39, 0.29) is 11.4 Å². The van der Waals surface area contributed by atoms with Crippen molar-refractivity contribution in [2.45, 2.75) is 43.6 Å². The molecule has 1 aromatic rings. The van der Waals surface area contributed by atoms with E-state index in [9.17, 15) is 8.42 Å². The highest BCUT2D eigenvalue weighted by molar-refractivity contribution is 7.89. The fraction of sp³-hybridized carbons (Fsp3) is 0.571. The summed E-state index contributed by atoms with van der Waals surface area (Å²) in [6.45, 7) is 4.83. The van der Waals surface area contributed by atoms with Gasteiger partial charge in [-0.3, -0.25) is 0 Å². The maximum atomic E-state index is 12.4. The van der Waals surface area contributed by atoms with Crippen molar-refractivity contribution in [1.29, 1.82) is 0 Å². The quantitative estimate of drug-likeness (QED) is 0.810. The molecular weight excluding hydrogens is 276 g/mol. The first-order valence-electron chi connectivity index (χ1n) is 6.88. The van der Waals surface area contributed by atoms with Gasteiger partial charge in [0.1, 0.15) is 0 Å². The Kier molecular flexibility index (Phi) is 4.36. The second-order valence-corrected chi connectivity index (χ2v) is 7.18. The van der Waals surface area contributed by atoms with Crippen LogP contribution in [0.2, 0.25) is 0 Å². The van der Waals surface area contributed by atoms with Crippen LogP contribution in [0.25, 0.3) is 0 Å². The van der Waals surface area contributed by atoms with Crippen LogP contribution in [0.1, 0.15) is 32.3 Å². The Balaban J connectivity index is 2.20. The lowest BCUT2D eigenvalue weighted by molar-refractivity contribution is 0.0250. The summed E-state index contributed by atoms with van der Waals surface area (Å²) < 4.78 is 33.1.